The van der Waals surface area contributed by atoms with Gasteiger partial charge in [-0.3, -0.25) is 9.69 Å². The lowest BCUT2D eigenvalue weighted by atomic mass is 10.0. The van der Waals surface area contributed by atoms with Gasteiger partial charge in [0.1, 0.15) is 0 Å². The zero-order valence-electron chi connectivity index (χ0n) is 13.5. The van der Waals surface area contributed by atoms with Crippen LogP contribution in [0.3, 0.4) is 0 Å². The minimum Gasteiger partial charge on any atom is -0.289 e. The van der Waals surface area contributed by atoms with Gasteiger partial charge in [0.15, 0.2) is 5.17 Å². The number of hydrogen-bond donors (Lipinski definition) is 0. The molecule has 1 saturated heterocycles. The number of thiazole rings is 1. The number of likely N-dealkylation sites (N-methyl/N-ethyl adjacent to an activating group) is 1. The van der Waals surface area contributed by atoms with Crippen molar-refractivity contribution in [2.75, 3.05) is 7.05 Å². The molecule has 1 aromatic heterocycles. The summed E-state index contributed by atoms with van der Waals surface area (Å²) < 4.78 is 0. The Labute approximate surface area is 144 Å². The lowest BCUT2D eigenvalue weighted by Crippen LogP contribution is -2.23. The number of nitrogens with zero attached hydrogens (tertiary/aromatic N) is 3. The van der Waals surface area contributed by atoms with Gasteiger partial charge >= 0.3 is 0 Å². The molecule has 1 aromatic carbocycles. The van der Waals surface area contributed by atoms with Crippen molar-refractivity contribution < 1.29 is 4.79 Å². The van der Waals surface area contributed by atoms with Gasteiger partial charge in [0.25, 0.3) is 5.91 Å². The molecule has 0 atom stereocenters. The molecule has 0 radical (unpaired) electrons. The number of amidine groups is 1. The molecule has 0 N–H and O–H groups in total. The number of amides is 1. The Bertz CT molecular complexity index is 822. The highest BCUT2D eigenvalue weighted by Crippen LogP contribution is 2.37. The van der Waals surface area contributed by atoms with Crippen LogP contribution in [-0.4, -0.2) is 28.0 Å². The SMILES string of the molecule is C/C(=C1/S/C(=N/c2nccs2)N(C)C1=O)c1ccc(C)c(C)c1. The van der Waals surface area contributed by atoms with E-state index in [0.717, 1.165) is 16.0 Å². The van der Waals surface area contributed by atoms with Gasteiger partial charge in [-0.05, 0) is 54.8 Å². The van der Waals surface area contributed by atoms with Crippen LogP contribution < -0.4 is 0 Å². The summed E-state index contributed by atoms with van der Waals surface area (Å²) in [5.41, 5.74) is 4.54. The predicted molar refractivity (Wildman–Crippen MR) is 98.1 cm³/mol. The van der Waals surface area contributed by atoms with E-state index in [4.69, 9.17) is 0 Å². The average Bonchev–Trinajstić information content (AvgIpc) is 3.13. The molecule has 6 heteroatoms. The number of rotatable bonds is 2. The minimum atomic E-state index is -0.0129. The monoisotopic (exact) mass is 343 g/mol. The maximum atomic E-state index is 12.6. The quantitative estimate of drug-likeness (QED) is 0.760. The first-order valence-corrected chi connectivity index (χ1v) is 8.89. The Hall–Kier alpha value is -1.92. The van der Waals surface area contributed by atoms with Crippen molar-refractivity contribution in [1.29, 1.82) is 0 Å². The van der Waals surface area contributed by atoms with Gasteiger partial charge in [0.05, 0.1) is 4.91 Å². The zero-order valence-corrected chi connectivity index (χ0v) is 15.1. The second-order valence-corrected chi connectivity index (χ2v) is 7.28. The molecule has 1 aliphatic rings. The highest BCUT2D eigenvalue weighted by molar-refractivity contribution is 8.18. The molecule has 3 rings (SSSR count). The van der Waals surface area contributed by atoms with Crippen LogP contribution in [0, 0.1) is 13.8 Å². The van der Waals surface area contributed by atoms with Crippen molar-refractivity contribution in [1.82, 2.24) is 9.88 Å². The molecule has 0 saturated carbocycles. The molecule has 2 aromatic rings. The van der Waals surface area contributed by atoms with E-state index in [-0.39, 0.29) is 5.91 Å². The first kappa shape index (κ1) is 16.0. The van der Waals surface area contributed by atoms with Gasteiger partial charge in [-0.25, -0.2) is 4.98 Å². The summed E-state index contributed by atoms with van der Waals surface area (Å²) in [6.07, 6.45) is 1.71. The minimum absolute atomic E-state index is 0.0129. The largest absolute Gasteiger partial charge is 0.289 e. The number of aryl methyl sites for hydroxylation is 2. The van der Waals surface area contributed by atoms with Crippen LogP contribution >= 0.6 is 23.1 Å². The summed E-state index contributed by atoms with van der Waals surface area (Å²) in [4.78, 5) is 23.5. The van der Waals surface area contributed by atoms with Crippen molar-refractivity contribution in [3.63, 3.8) is 0 Å². The van der Waals surface area contributed by atoms with Crippen molar-refractivity contribution >= 4 is 44.9 Å². The van der Waals surface area contributed by atoms with E-state index in [1.54, 1.807) is 18.1 Å². The number of benzene rings is 1. The number of aromatic nitrogens is 1. The van der Waals surface area contributed by atoms with Crippen molar-refractivity contribution in [3.8, 4) is 0 Å². The molecule has 1 aliphatic heterocycles. The Morgan fingerprint density at radius 3 is 2.70 bits per heavy atom. The second-order valence-electron chi connectivity index (χ2n) is 5.43. The highest BCUT2D eigenvalue weighted by Gasteiger charge is 2.32. The third-order valence-corrected chi connectivity index (χ3v) is 5.77. The summed E-state index contributed by atoms with van der Waals surface area (Å²) in [6, 6.07) is 6.28. The van der Waals surface area contributed by atoms with E-state index in [1.165, 1.54) is 34.2 Å². The summed E-state index contributed by atoms with van der Waals surface area (Å²) in [5.74, 6) is -0.0129. The topological polar surface area (TPSA) is 45.6 Å². The first-order chi connectivity index (χ1) is 11.0. The number of carbonyl (C=O) groups is 1. The number of thioether (sulfide) groups is 1. The number of hydrogen-bond acceptors (Lipinski definition) is 5. The molecule has 0 spiro atoms. The van der Waals surface area contributed by atoms with Gasteiger partial charge in [0.2, 0.25) is 5.13 Å². The Morgan fingerprint density at radius 1 is 1.26 bits per heavy atom. The molecule has 0 aliphatic carbocycles. The standard InChI is InChI=1S/C17H17N3OS2/c1-10-5-6-13(9-11(10)2)12(3)14-15(21)20(4)17(23-14)19-16-18-7-8-22-16/h5-9H,1-4H3/b14-12-,19-17+. The predicted octanol–water partition coefficient (Wildman–Crippen LogP) is 4.38. The van der Waals surface area contributed by atoms with Crippen LogP contribution in [0.5, 0.6) is 0 Å². The van der Waals surface area contributed by atoms with Gasteiger partial charge in [-0.1, -0.05) is 18.2 Å². The lowest BCUT2D eigenvalue weighted by molar-refractivity contribution is -0.121. The number of aliphatic imine (C=N–C) groups is 1. The maximum Gasteiger partial charge on any atom is 0.266 e. The van der Waals surface area contributed by atoms with E-state index in [9.17, 15) is 4.79 Å². The smallest absolute Gasteiger partial charge is 0.266 e. The molecule has 0 bridgehead atoms. The van der Waals surface area contributed by atoms with Gasteiger partial charge in [0, 0.05) is 18.6 Å². The van der Waals surface area contributed by atoms with Gasteiger partial charge in [-0.2, -0.15) is 4.99 Å². The van der Waals surface area contributed by atoms with E-state index >= 15 is 0 Å². The normalized spacial score (nSPS) is 18.9. The number of carbonyl (C=O) groups excluding carboxylic acids is 1. The Kier molecular flexibility index (Phi) is 4.37. The zero-order chi connectivity index (χ0) is 16.6. The molecule has 1 fully saturated rings. The van der Waals surface area contributed by atoms with E-state index in [2.05, 4.69) is 42.0 Å². The van der Waals surface area contributed by atoms with E-state index in [1.807, 2.05) is 12.3 Å². The Morgan fingerprint density at radius 2 is 2.04 bits per heavy atom. The molecular weight excluding hydrogens is 326 g/mol. The summed E-state index contributed by atoms with van der Waals surface area (Å²) in [5, 5.41) is 3.21. The first-order valence-electron chi connectivity index (χ1n) is 7.20. The third-order valence-electron chi connectivity index (χ3n) is 3.87. The van der Waals surface area contributed by atoms with E-state index < -0.39 is 0 Å². The van der Waals surface area contributed by atoms with Crippen LogP contribution in [0.4, 0.5) is 5.13 Å². The van der Waals surface area contributed by atoms with Crippen molar-refractivity contribution in [3.05, 3.63) is 51.4 Å². The van der Waals surface area contributed by atoms with Crippen molar-refractivity contribution in [2.24, 2.45) is 4.99 Å². The molecule has 0 unspecified atom stereocenters. The van der Waals surface area contributed by atoms with Crippen LogP contribution in [0.1, 0.15) is 23.6 Å². The fourth-order valence-corrected chi connectivity index (χ4v) is 3.83. The Balaban J connectivity index is 1.99. The average molecular weight is 343 g/mol. The van der Waals surface area contributed by atoms with Gasteiger partial charge < -0.3 is 0 Å². The number of allylic oxidation sites excluding steroid dienone is 1. The van der Waals surface area contributed by atoms with Gasteiger partial charge in [-0.15, -0.1) is 11.3 Å². The lowest BCUT2D eigenvalue weighted by Gasteiger charge is -2.08. The maximum absolute atomic E-state index is 12.6. The molecule has 118 valence electrons. The van der Waals surface area contributed by atoms with Crippen LogP contribution in [0.25, 0.3) is 5.57 Å². The fourth-order valence-electron chi connectivity index (χ4n) is 2.24. The molecule has 1 amide bonds. The highest BCUT2D eigenvalue weighted by atomic mass is 32.2. The third kappa shape index (κ3) is 3.09. The second kappa shape index (κ2) is 6.29. The molecule has 2 heterocycles. The van der Waals surface area contributed by atoms with Crippen molar-refractivity contribution in [2.45, 2.75) is 20.8 Å². The summed E-state index contributed by atoms with van der Waals surface area (Å²) in [6.45, 7) is 6.16. The molecular formula is C17H17N3OS2. The summed E-state index contributed by atoms with van der Waals surface area (Å²) >= 11 is 2.87. The molecule has 23 heavy (non-hydrogen) atoms. The van der Waals surface area contributed by atoms with Crippen LogP contribution in [0.15, 0.2) is 39.7 Å². The van der Waals surface area contributed by atoms with Crippen LogP contribution in [0.2, 0.25) is 0 Å². The van der Waals surface area contributed by atoms with E-state index in [0.29, 0.717) is 10.3 Å². The fraction of sp³-hybridized carbons (Fsp3) is 0.235. The molecule has 4 nitrogen and oxygen atoms in total. The van der Waals surface area contributed by atoms with Crippen LogP contribution in [-0.2, 0) is 4.79 Å². The summed E-state index contributed by atoms with van der Waals surface area (Å²) in [7, 11) is 1.75.